The molecule has 2 rings (SSSR count). The van der Waals surface area contributed by atoms with Crippen LogP contribution in [-0.2, 0) is 0 Å². The van der Waals surface area contributed by atoms with Crippen LogP contribution in [0, 0.1) is 5.92 Å². The van der Waals surface area contributed by atoms with Gasteiger partial charge in [-0.1, -0.05) is 51.0 Å². The normalized spacial score (nSPS) is 19.4. The van der Waals surface area contributed by atoms with Gasteiger partial charge in [0, 0.05) is 0 Å². The monoisotopic (exact) mass is 218 g/mol. The Morgan fingerprint density at radius 1 is 1.19 bits per heavy atom. The third-order valence-corrected chi connectivity index (χ3v) is 3.76. The van der Waals surface area contributed by atoms with Crippen molar-refractivity contribution in [2.24, 2.45) is 5.92 Å². The van der Waals surface area contributed by atoms with Crippen LogP contribution in [0.1, 0.15) is 62.7 Å². The highest BCUT2D eigenvalue weighted by Crippen LogP contribution is 2.37. The summed E-state index contributed by atoms with van der Waals surface area (Å²) in [6, 6.07) is 8.52. The van der Waals surface area contributed by atoms with Gasteiger partial charge >= 0.3 is 0 Å². The van der Waals surface area contributed by atoms with Crippen LogP contribution in [0.2, 0.25) is 0 Å². The molecule has 1 saturated carbocycles. The SMILES string of the molecule is CCC(C)c1ccc(C(O)CC2CC2)cc1. The number of aliphatic hydroxyl groups is 1. The Morgan fingerprint density at radius 2 is 1.75 bits per heavy atom. The van der Waals surface area contributed by atoms with Gasteiger partial charge < -0.3 is 5.11 Å². The average molecular weight is 218 g/mol. The van der Waals surface area contributed by atoms with Crippen molar-refractivity contribution >= 4 is 0 Å². The molecule has 0 bridgehead atoms. The predicted molar refractivity (Wildman–Crippen MR) is 67.4 cm³/mol. The molecule has 0 amide bonds. The highest BCUT2D eigenvalue weighted by atomic mass is 16.3. The van der Waals surface area contributed by atoms with Crippen LogP contribution < -0.4 is 0 Å². The lowest BCUT2D eigenvalue weighted by molar-refractivity contribution is 0.160. The van der Waals surface area contributed by atoms with Crippen LogP contribution >= 0.6 is 0 Å². The highest BCUT2D eigenvalue weighted by Gasteiger charge is 2.25. The zero-order valence-electron chi connectivity index (χ0n) is 10.3. The summed E-state index contributed by atoms with van der Waals surface area (Å²) in [6.07, 6.45) is 4.48. The molecule has 2 unspecified atom stereocenters. The fraction of sp³-hybridized carbons (Fsp3) is 0.600. The molecule has 0 saturated heterocycles. The highest BCUT2D eigenvalue weighted by molar-refractivity contribution is 5.26. The third-order valence-electron chi connectivity index (χ3n) is 3.76. The molecular formula is C15H22O. The van der Waals surface area contributed by atoms with E-state index in [0.29, 0.717) is 5.92 Å². The summed E-state index contributed by atoms with van der Waals surface area (Å²) in [5, 5.41) is 10.0. The third kappa shape index (κ3) is 2.85. The predicted octanol–water partition coefficient (Wildman–Crippen LogP) is 4.03. The number of rotatable bonds is 5. The second-order valence-electron chi connectivity index (χ2n) is 5.17. The molecule has 88 valence electrons. The number of benzene rings is 1. The van der Waals surface area contributed by atoms with E-state index < -0.39 is 0 Å². The first-order valence-corrected chi connectivity index (χ1v) is 6.48. The summed E-state index contributed by atoms with van der Waals surface area (Å²) >= 11 is 0. The molecule has 0 aliphatic heterocycles. The van der Waals surface area contributed by atoms with Gasteiger partial charge in [0.1, 0.15) is 0 Å². The first-order chi connectivity index (χ1) is 7.70. The van der Waals surface area contributed by atoms with Crippen molar-refractivity contribution in [1.29, 1.82) is 0 Å². The van der Waals surface area contributed by atoms with Gasteiger partial charge in [0.2, 0.25) is 0 Å². The molecule has 0 aromatic heterocycles. The zero-order chi connectivity index (χ0) is 11.5. The van der Waals surface area contributed by atoms with E-state index in [1.807, 2.05) is 0 Å². The van der Waals surface area contributed by atoms with Gasteiger partial charge in [0.15, 0.2) is 0 Å². The zero-order valence-corrected chi connectivity index (χ0v) is 10.3. The van der Waals surface area contributed by atoms with Crippen LogP contribution in [-0.4, -0.2) is 5.11 Å². The van der Waals surface area contributed by atoms with Crippen molar-refractivity contribution in [3.63, 3.8) is 0 Å². The first kappa shape index (κ1) is 11.7. The van der Waals surface area contributed by atoms with Gasteiger partial charge in [-0.3, -0.25) is 0 Å². The van der Waals surface area contributed by atoms with E-state index >= 15 is 0 Å². The summed E-state index contributed by atoms with van der Waals surface area (Å²) in [4.78, 5) is 0. The lowest BCUT2D eigenvalue weighted by Gasteiger charge is -2.13. The van der Waals surface area contributed by atoms with Crippen molar-refractivity contribution in [2.75, 3.05) is 0 Å². The van der Waals surface area contributed by atoms with E-state index in [1.165, 1.54) is 24.8 Å². The van der Waals surface area contributed by atoms with Gasteiger partial charge in [0.25, 0.3) is 0 Å². The van der Waals surface area contributed by atoms with E-state index in [1.54, 1.807) is 0 Å². The Kier molecular flexibility index (Phi) is 3.65. The smallest absolute Gasteiger partial charge is 0.0792 e. The average Bonchev–Trinajstić information content (AvgIpc) is 3.12. The summed E-state index contributed by atoms with van der Waals surface area (Å²) in [5.41, 5.74) is 2.46. The Hall–Kier alpha value is -0.820. The Bertz CT molecular complexity index is 324. The summed E-state index contributed by atoms with van der Waals surface area (Å²) < 4.78 is 0. The minimum atomic E-state index is -0.251. The number of aliphatic hydroxyl groups excluding tert-OH is 1. The van der Waals surface area contributed by atoms with Crippen molar-refractivity contribution in [3.8, 4) is 0 Å². The summed E-state index contributed by atoms with van der Waals surface area (Å²) in [6.45, 7) is 4.45. The van der Waals surface area contributed by atoms with Crippen molar-refractivity contribution in [3.05, 3.63) is 35.4 Å². The van der Waals surface area contributed by atoms with Crippen LogP contribution in [0.3, 0.4) is 0 Å². The topological polar surface area (TPSA) is 20.2 Å². The van der Waals surface area contributed by atoms with Crippen molar-refractivity contribution in [2.45, 2.75) is 51.6 Å². The minimum Gasteiger partial charge on any atom is -0.388 e. The molecule has 0 heterocycles. The van der Waals surface area contributed by atoms with Gasteiger partial charge in [-0.2, -0.15) is 0 Å². The molecule has 1 N–H and O–H groups in total. The largest absolute Gasteiger partial charge is 0.388 e. The number of hydrogen-bond acceptors (Lipinski definition) is 1. The molecule has 1 nitrogen and oxygen atoms in total. The Labute approximate surface area is 98.5 Å². The molecule has 1 aliphatic rings. The van der Waals surface area contributed by atoms with E-state index in [2.05, 4.69) is 38.1 Å². The Morgan fingerprint density at radius 3 is 2.25 bits per heavy atom. The lowest BCUT2D eigenvalue weighted by Crippen LogP contribution is -1.99. The molecule has 2 atom stereocenters. The molecule has 1 heteroatoms. The molecule has 1 aromatic rings. The van der Waals surface area contributed by atoms with E-state index in [9.17, 15) is 5.11 Å². The fourth-order valence-electron chi connectivity index (χ4n) is 2.09. The maximum Gasteiger partial charge on any atom is 0.0792 e. The van der Waals surface area contributed by atoms with Gasteiger partial charge in [-0.05, 0) is 35.8 Å². The summed E-state index contributed by atoms with van der Waals surface area (Å²) in [7, 11) is 0. The first-order valence-electron chi connectivity index (χ1n) is 6.48. The molecule has 1 aromatic carbocycles. The van der Waals surface area contributed by atoms with Crippen LogP contribution in [0.4, 0.5) is 0 Å². The number of hydrogen-bond donors (Lipinski definition) is 1. The van der Waals surface area contributed by atoms with Crippen LogP contribution in [0.15, 0.2) is 24.3 Å². The lowest BCUT2D eigenvalue weighted by atomic mass is 9.95. The van der Waals surface area contributed by atoms with E-state index in [4.69, 9.17) is 0 Å². The molecule has 16 heavy (non-hydrogen) atoms. The quantitative estimate of drug-likeness (QED) is 0.791. The molecule has 0 spiro atoms. The minimum absolute atomic E-state index is 0.251. The second kappa shape index (κ2) is 5.01. The second-order valence-corrected chi connectivity index (χ2v) is 5.17. The standard InChI is InChI=1S/C15H22O/c1-3-11(2)13-6-8-14(9-7-13)15(16)10-12-4-5-12/h6-9,11-12,15-16H,3-5,10H2,1-2H3. The molecular weight excluding hydrogens is 196 g/mol. The van der Waals surface area contributed by atoms with Gasteiger partial charge in [-0.15, -0.1) is 0 Å². The van der Waals surface area contributed by atoms with E-state index in [0.717, 1.165) is 17.9 Å². The molecule has 1 fully saturated rings. The van der Waals surface area contributed by atoms with Crippen LogP contribution in [0.5, 0.6) is 0 Å². The Balaban J connectivity index is 1.99. The summed E-state index contributed by atoms with van der Waals surface area (Å²) in [5.74, 6) is 1.40. The maximum absolute atomic E-state index is 10.0. The van der Waals surface area contributed by atoms with Crippen LogP contribution in [0.25, 0.3) is 0 Å². The van der Waals surface area contributed by atoms with E-state index in [-0.39, 0.29) is 6.10 Å². The van der Waals surface area contributed by atoms with Crippen molar-refractivity contribution < 1.29 is 5.11 Å². The van der Waals surface area contributed by atoms with Gasteiger partial charge in [-0.25, -0.2) is 0 Å². The maximum atomic E-state index is 10.0. The van der Waals surface area contributed by atoms with Gasteiger partial charge in [0.05, 0.1) is 6.10 Å². The molecule has 0 radical (unpaired) electrons. The molecule has 1 aliphatic carbocycles. The fourth-order valence-corrected chi connectivity index (χ4v) is 2.09. The van der Waals surface area contributed by atoms with Crippen molar-refractivity contribution in [1.82, 2.24) is 0 Å².